The molecular weight excluding hydrogens is 365 g/mol. The lowest BCUT2D eigenvalue weighted by atomic mass is 10.1. The Morgan fingerprint density at radius 1 is 1.37 bits per heavy atom. The molecule has 7 nitrogen and oxygen atoms in total. The van der Waals surface area contributed by atoms with Crippen molar-refractivity contribution in [1.82, 2.24) is 14.7 Å². The van der Waals surface area contributed by atoms with Gasteiger partial charge >= 0.3 is 12.3 Å². The van der Waals surface area contributed by atoms with Crippen molar-refractivity contribution in [2.75, 3.05) is 25.1 Å². The standard InChI is InChI=1S/C17H17F3N4O3/c1-22(9-12-10-23(2)21-14(12)17(18,19)20)15(25)11-4-3-5-13(8-11)24-6-7-27-16(24)26/h3-5,8,10H,6-7,9H2,1-2H3. The maximum Gasteiger partial charge on any atom is 0.435 e. The fraction of sp³-hybridized carbons (Fsp3) is 0.353. The first-order valence-electron chi connectivity index (χ1n) is 8.06. The molecule has 1 saturated heterocycles. The highest BCUT2D eigenvalue weighted by Crippen LogP contribution is 2.31. The van der Waals surface area contributed by atoms with E-state index < -0.39 is 23.9 Å². The van der Waals surface area contributed by atoms with Crippen molar-refractivity contribution in [3.63, 3.8) is 0 Å². The molecule has 2 aromatic rings. The van der Waals surface area contributed by atoms with E-state index >= 15 is 0 Å². The highest BCUT2D eigenvalue weighted by molar-refractivity contribution is 5.97. The molecule has 0 spiro atoms. The molecule has 1 fully saturated rings. The minimum absolute atomic E-state index is 0.0971. The van der Waals surface area contributed by atoms with Crippen molar-refractivity contribution in [2.24, 2.45) is 7.05 Å². The average Bonchev–Trinajstić information content (AvgIpc) is 3.19. The summed E-state index contributed by atoms with van der Waals surface area (Å²) in [5, 5.41) is 3.44. The van der Waals surface area contributed by atoms with Gasteiger partial charge in [0.2, 0.25) is 0 Å². The number of alkyl halides is 3. The lowest BCUT2D eigenvalue weighted by Gasteiger charge is -2.19. The largest absolute Gasteiger partial charge is 0.447 e. The van der Waals surface area contributed by atoms with E-state index in [0.717, 1.165) is 4.68 Å². The monoisotopic (exact) mass is 382 g/mol. The number of benzene rings is 1. The summed E-state index contributed by atoms with van der Waals surface area (Å²) < 4.78 is 45.1. The van der Waals surface area contributed by atoms with Gasteiger partial charge in [-0.05, 0) is 18.2 Å². The minimum Gasteiger partial charge on any atom is -0.447 e. The van der Waals surface area contributed by atoms with Gasteiger partial charge in [0.05, 0.1) is 6.54 Å². The van der Waals surface area contributed by atoms with E-state index in [1.807, 2.05) is 0 Å². The van der Waals surface area contributed by atoms with Gasteiger partial charge in [-0.25, -0.2) is 4.79 Å². The quantitative estimate of drug-likeness (QED) is 0.816. The number of cyclic esters (lactones) is 1. The maximum absolute atomic E-state index is 13.1. The first kappa shape index (κ1) is 18.7. The molecule has 0 aliphatic carbocycles. The lowest BCUT2D eigenvalue weighted by Crippen LogP contribution is -2.28. The summed E-state index contributed by atoms with van der Waals surface area (Å²) in [6.45, 7) is 0.382. The Bertz CT molecular complexity index is 879. The summed E-state index contributed by atoms with van der Waals surface area (Å²) in [5.41, 5.74) is -0.361. The van der Waals surface area contributed by atoms with Crippen LogP contribution >= 0.6 is 0 Å². The highest BCUT2D eigenvalue weighted by atomic mass is 19.4. The van der Waals surface area contributed by atoms with Crippen LogP contribution in [0.2, 0.25) is 0 Å². The van der Waals surface area contributed by atoms with E-state index in [4.69, 9.17) is 4.74 Å². The summed E-state index contributed by atoms with van der Waals surface area (Å²) >= 11 is 0. The number of amides is 2. The second-order valence-corrected chi connectivity index (χ2v) is 6.15. The molecule has 2 heterocycles. The number of hydrogen-bond donors (Lipinski definition) is 0. The Kier molecular flexibility index (Phi) is 4.81. The molecule has 144 valence electrons. The molecule has 0 atom stereocenters. The Morgan fingerprint density at radius 2 is 2.11 bits per heavy atom. The lowest BCUT2D eigenvalue weighted by molar-refractivity contribution is -0.142. The number of anilines is 1. The zero-order valence-electron chi connectivity index (χ0n) is 14.7. The number of rotatable bonds is 4. The molecule has 1 aliphatic rings. The van der Waals surface area contributed by atoms with Crippen molar-refractivity contribution in [3.8, 4) is 0 Å². The molecule has 1 aromatic heterocycles. The molecule has 1 aromatic carbocycles. The number of nitrogens with zero attached hydrogens (tertiary/aromatic N) is 4. The van der Waals surface area contributed by atoms with Crippen LogP contribution in [0.5, 0.6) is 0 Å². The normalized spacial score (nSPS) is 14.4. The van der Waals surface area contributed by atoms with Gasteiger partial charge in [0.15, 0.2) is 5.69 Å². The van der Waals surface area contributed by atoms with E-state index in [1.54, 1.807) is 12.1 Å². The average molecular weight is 382 g/mol. The number of aryl methyl sites for hydroxylation is 1. The van der Waals surface area contributed by atoms with Crippen LogP contribution in [-0.2, 0) is 24.5 Å². The molecule has 0 N–H and O–H groups in total. The third-order valence-electron chi connectivity index (χ3n) is 4.09. The zero-order chi connectivity index (χ0) is 19.8. The molecule has 0 saturated carbocycles. The van der Waals surface area contributed by atoms with Gasteiger partial charge in [0.1, 0.15) is 6.61 Å². The van der Waals surface area contributed by atoms with Crippen molar-refractivity contribution < 1.29 is 27.5 Å². The summed E-state index contributed by atoms with van der Waals surface area (Å²) in [6.07, 6.45) is -3.86. The van der Waals surface area contributed by atoms with Crippen LogP contribution in [0.1, 0.15) is 21.6 Å². The van der Waals surface area contributed by atoms with Gasteiger partial charge in [0, 0.05) is 43.7 Å². The number of hydrogen-bond acceptors (Lipinski definition) is 4. The fourth-order valence-electron chi connectivity index (χ4n) is 2.87. The first-order valence-corrected chi connectivity index (χ1v) is 8.06. The zero-order valence-corrected chi connectivity index (χ0v) is 14.7. The van der Waals surface area contributed by atoms with Crippen molar-refractivity contribution >= 4 is 17.7 Å². The van der Waals surface area contributed by atoms with E-state index in [-0.39, 0.29) is 24.3 Å². The molecule has 2 amide bonds. The van der Waals surface area contributed by atoms with Gasteiger partial charge < -0.3 is 9.64 Å². The van der Waals surface area contributed by atoms with Gasteiger partial charge in [-0.15, -0.1) is 0 Å². The summed E-state index contributed by atoms with van der Waals surface area (Å²) in [4.78, 5) is 26.9. The maximum atomic E-state index is 13.1. The minimum atomic E-state index is -4.60. The van der Waals surface area contributed by atoms with Gasteiger partial charge in [-0.3, -0.25) is 14.4 Å². The third kappa shape index (κ3) is 3.88. The van der Waals surface area contributed by atoms with Crippen LogP contribution in [0, 0.1) is 0 Å². The number of carbonyl (C=O) groups excluding carboxylic acids is 2. The first-order chi connectivity index (χ1) is 12.7. The van der Waals surface area contributed by atoms with E-state index in [2.05, 4.69) is 5.10 Å². The van der Waals surface area contributed by atoms with E-state index in [0.29, 0.717) is 12.2 Å². The van der Waals surface area contributed by atoms with Crippen LogP contribution in [0.4, 0.5) is 23.7 Å². The van der Waals surface area contributed by atoms with Crippen LogP contribution in [0.3, 0.4) is 0 Å². The molecule has 27 heavy (non-hydrogen) atoms. The summed E-state index contributed by atoms with van der Waals surface area (Å²) in [5.74, 6) is -0.471. The molecule has 0 bridgehead atoms. The third-order valence-corrected chi connectivity index (χ3v) is 4.09. The molecule has 0 unspecified atom stereocenters. The molecule has 3 rings (SSSR count). The Hall–Kier alpha value is -3.04. The Morgan fingerprint density at radius 3 is 2.74 bits per heavy atom. The Labute approximate surface area is 152 Å². The fourth-order valence-corrected chi connectivity index (χ4v) is 2.87. The molecule has 0 radical (unpaired) electrons. The van der Waals surface area contributed by atoms with Gasteiger partial charge in [-0.1, -0.05) is 6.07 Å². The van der Waals surface area contributed by atoms with Crippen LogP contribution in [-0.4, -0.2) is 46.9 Å². The van der Waals surface area contributed by atoms with E-state index in [9.17, 15) is 22.8 Å². The predicted octanol–water partition coefficient (Wildman–Crippen LogP) is 2.67. The van der Waals surface area contributed by atoms with Gasteiger partial charge in [-0.2, -0.15) is 18.3 Å². The van der Waals surface area contributed by atoms with Crippen LogP contribution in [0.15, 0.2) is 30.5 Å². The van der Waals surface area contributed by atoms with Crippen molar-refractivity contribution in [1.29, 1.82) is 0 Å². The van der Waals surface area contributed by atoms with Crippen LogP contribution < -0.4 is 4.90 Å². The van der Waals surface area contributed by atoms with Crippen molar-refractivity contribution in [3.05, 3.63) is 47.3 Å². The van der Waals surface area contributed by atoms with Gasteiger partial charge in [0.25, 0.3) is 5.91 Å². The smallest absolute Gasteiger partial charge is 0.435 e. The predicted molar refractivity (Wildman–Crippen MR) is 89.1 cm³/mol. The Balaban J connectivity index is 1.80. The van der Waals surface area contributed by atoms with Crippen molar-refractivity contribution in [2.45, 2.75) is 12.7 Å². The van der Waals surface area contributed by atoms with E-state index in [1.165, 1.54) is 42.2 Å². The second kappa shape index (κ2) is 6.93. The molecule has 1 aliphatic heterocycles. The summed E-state index contributed by atoms with van der Waals surface area (Å²) in [6, 6.07) is 6.32. The number of aromatic nitrogens is 2. The topological polar surface area (TPSA) is 67.7 Å². The number of halogens is 3. The summed E-state index contributed by atoms with van der Waals surface area (Å²) in [7, 11) is 2.80. The van der Waals surface area contributed by atoms with Crippen LogP contribution in [0.25, 0.3) is 0 Å². The number of carbonyl (C=O) groups is 2. The molecule has 10 heteroatoms. The molecular formula is C17H17F3N4O3. The second-order valence-electron chi connectivity index (χ2n) is 6.15. The highest BCUT2D eigenvalue weighted by Gasteiger charge is 2.37. The number of ether oxygens (including phenoxy) is 1. The SMILES string of the molecule is CN(Cc1cn(C)nc1C(F)(F)F)C(=O)c1cccc(N2CCOC2=O)c1.